The van der Waals surface area contributed by atoms with Crippen molar-refractivity contribution in [1.82, 2.24) is 19.7 Å². The zero-order chi connectivity index (χ0) is 14.1. The molecule has 2 N–H and O–H groups in total. The number of nitrogens with zero attached hydrogens (tertiary/aromatic N) is 4. The molecule has 0 aliphatic heterocycles. The summed E-state index contributed by atoms with van der Waals surface area (Å²) in [6.07, 6.45) is 1.72. The maximum Gasteiger partial charge on any atom is 0.170 e. The summed E-state index contributed by atoms with van der Waals surface area (Å²) in [4.78, 5) is 4.28. The highest BCUT2D eigenvalue weighted by Crippen LogP contribution is 2.28. The molecule has 0 saturated heterocycles. The third-order valence-corrected chi connectivity index (χ3v) is 3.30. The van der Waals surface area contributed by atoms with Gasteiger partial charge in [-0.1, -0.05) is 0 Å². The molecule has 102 valence electrons. The Balaban J connectivity index is 1.92. The van der Waals surface area contributed by atoms with E-state index in [1.54, 1.807) is 12.3 Å². The Morgan fingerprint density at radius 1 is 1.25 bits per heavy atom. The van der Waals surface area contributed by atoms with E-state index in [2.05, 4.69) is 15.2 Å². The monoisotopic (exact) mass is 269 g/mol. The molecule has 0 spiro atoms. The van der Waals surface area contributed by atoms with Crippen molar-refractivity contribution >= 4 is 16.6 Å². The molecular formula is C14H15N5O. The average Bonchev–Trinajstić information content (AvgIpc) is 2.79. The van der Waals surface area contributed by atoms with Crippen molar-refractivity contribution in [2.75, 3.05) is 5.73 Å². The lowest BCUT2D eigenvalue weighted by Crippen LogP contribution is -2.05. The highest BCUT2D eigenvalue weighted by molar-refractivity contribution is 5.93. The van der Waals surface area contributed by atoms with Gasteiger partial charge < -0.3 is 15.0 Å². The third kappa shape index (κ3) is 2.05. The number of benzene rings is 1. The minimum Gasteiger partial charge on any atom is -0.485 e. The van der Waals surface area contributed by atoms with Gasteiger partial charge in [0.15, 0.2) is 5.82 Å². The lowest BCUT2D eigenvalue weighted by molar-refractivity contribution is 0.294. The zero-order valence-corrected chi connectivity index (χ0v) is 11.4. The van der Waals surface area contributed by atoms with Crippen molar-refractivity contribution in [1.29, 1.82) is 0 Å². The summed E-state index contributed by atoms with van der Waals surface area (Å²) < 4.78 is 7.74. The minimum absolute atomic E-state index is 0.352. The van der Waals surface area contributed by atoms with Crippen LogP contribution in [0.5, 0.6) is 5.75 Å². The van der Waals surface area contributed by atoms with E-state index in [1.807, 2.05) is 36.7 Å². The second-order valence-corrected chi connectivity index (χ2v) is 4.56. The van der Waals surface area contributed by atoms with E-state index >= 15 is 0 Å². The van der Waals surface area contributed by atoms with Crippen molar-refractivity contribution in [3.8, 4) is 5.75 Å². The van der Waals surface area contributed by atoms with Crippen LogP contribution in [0.2, 0.25) is 0 Å². The molecule has 2 heterocycles. The Bertz CT molecular complexity index is 765. The van der Waals surface area contributed by atoms with E-state index in [1.165, 1.54) is 0 Å². The fourth-order valence-electron chi connectivity index (χ4n) is 2.01. The van der Waals surface area contributed by atoms with Crippen molar-refractivity contribution in [3.05, 3.63) is 42.1 Å². The van der Waals surface area contributed by atoms with E-state index in [4.69, 9.17) is 10.5 Å². The fraction of sp³-hybridized carbons (Fsp3) is 0.214. The number of nitrogen functional groups attached to an aromatic ring is 1. The number of pyridine rings is 1. The van der Waals surface area contributed by atoms with Gasteiger partial charge in [0.05, 0.1) is 11.2 Å². The van der Waals surface area contributed by atoms with Crippen LogP contribution in [0.15, 0.2) is 30.5 Å². The molecule has 0 amide bonds. The van der Waals surface area contributed by atoms with E-state index in [-0.39, 0.29) is 0 Å². The normalized spacial score (nSPS) is 10.9. The van der Waals surface area contributed by atoms with E-state index in [0.717, 1.165) is 28.3 Å². The van der Waals surface area contributed by atoms with Crippen LogP contribution in [-0.2, 0) is 13.7 Å². The molecule has 2 aromatic heterocycles. The molecule has 3 rings (SSSR count). The first kappa shape index (κ1) is 12.4. The van der Waals surface area contributed by atoms with Gasteiger partial charge in [-0.2, -0.15) is 0 Å². The SMILES string of the molecule is Cc1nnc(COc2ccc(N)c3ncccc23)n1C. The van der Waals surface area contributed by atoms with Crippen molar-refractivity contribution in [3.63, 3.8) is 0 Å². The second kappa shape index (κ2) is 4.80. The van der Waals surface area contributed by atoms with Crippen LogP contribution < -0.4 is 10.5 Å². The fourth-order valence-corrected chi connectivity index (χ4v) is 2.01. The molecule has 0 atom stereocenters. The van der Waals surface area contributed by atoms with Gasteiger partial charge in [-0.15, -0.1) is 10.2 Å². The molecule has 0 bridgehead atoms. The Hall–Kier alpha value is -2.63. The number of aryl methyl sites for hydroxylation is 1. The summed E-state index contributed by atoms with van der Waals surface area (Å²) in [5, 5.41) is 8.98. The summed E-state index contributed by atoms with van der Waals surface area (Å²) in [6, 6.07) is 7.45. The smallest absolute Gasteiger partial charge is 0.170 e. The predicted octanol–water partition coefficient (Wildman–Crippen LogP) is 1.83. The largest absolute Gasteiger partial charge is 0.485 e. The zero-order valence-electron chi connectivity index (χ0n) is 11.4. The molecule has 20 heavy (non-hydrogen) atoms. The number of rotatable bonds is 3. The molecule has 0 aliphatic carbocycles. The topological polar surface area (TPSA) is 78.8 Å². The number of aromatic nitrogens is 4. The molecule has 6 heteroatoms. The van der Waals surface area contributed by atoms with Crippen molar-refractivity contribution in [2.24, 2.45) is 7.05 Å². The number of ether oxygens (including phenoxy) is 1. The molecular weight excluding hydrogens is 254 g/mol. The van der Waals surface area contributed by atoms with Gasteiger partial charge in [-0.3, -0.25) is 4.98 Å². The number of anilines is 1. The van der Waals surface area contributed by atoms with E-state index < -0.39 is 0 Å². The number of hydrogen-bond acceptors (Lipinski definition) is 5. The van der Waals surface area contributed by atoms with E-state index in [0.29, 0.717) is 12.3 Å². The molecule has 0 radical (unpaired) electrons. The summed E-state index contributed by atoms with van der Waals surface area (Å²) in [5.74, 6) is 2.37. The Kier molecular flexibility index (Phi) is 2.98. The van der Waals surface area contributed by atoms with Crippen LogP contribution in [0.1, 0.15) is 11.6 Å². The van der Waals surface area contributed by atoms with Gasteiger partial charge in [0, 0.05) is 18.6 Å². The van der Waals surface area contributed by atoms with Crippen LogP contribution in [0.4, 0.5) is 5.69 Å². The maximum atomic E-state index is 5.92. The highest BCUT2D eigenvalue weighted by Gasteiger charge is 2.09. The lowest BCUT2D eigenvalue weighted by Gasteiger charge is -2.10. The third-order valence-electron chi connectivity index (χ3n) is 3.30. The lowest BCUT2D eigenvalue weighted by atomic mass is 10.2. The highest BCUT2D eigenvalue weighted by atomic mass is 16.5. The van der Waals surface area contributed by atoms with Gasteiger partial charge in [0.25, 0.3) is 0 Å². The molecule has 0 saturated carbocycles. The number of hydrogen-bond donors (Lipinski definition) is 1. The standard InChI is InChI=1S/C14H15N5O/c1-9-17-18-13(19(9)2)8-20-12-6-5-11(15)14-10(12)4-3-7-16-14/h3-7H,8,15H2,1-2H3. The molecule has 1 aromatic carbocycles. The Morgan fingerprint density at radius 2 is 2.10 bits per heavy atom. The Morgan fingerprint density at radius 3 is 2.85 bits per heavy atom. The molecule has 3 aromatic rings. The van der Waals surface area contributed by atoms with Crippen LogP contribution in [-0.4, -0.2) is 19.7 Å². The summed E-state index contributed by atoms with van der Waals surface area (Å²) in [6.45, 7) is 2.25. The maximum absolute atomic E-state index is 5.92. The van der Waals surface area contributed by atoms with Crippen LogP contribution in [0.25, 0.3) is 10.9 Å². The van der Waals surface area contributed by atoms with Crippen LogP contribution in [0, 0.1) is 6.92 Å². The molecule has 6 nitrogen and oxygen atoms in total. The van der Waals surface area contributed by atoms with E-state index in [9.17, 15) is 0 Å². The second-order valence-electron chi connectivity index (χ2n) is 4.56. The molecule has 0 aliphatic rings. The predicted molar refractivity (Wildman–Crippen MR) is 76.2 cm³/mol. The number of fused-ring (bicyclic) bond motifs is 1. The molecule has 0 unspecified atom stereocenters. The Labute approximate surface area is 116 Å². The van der Waals surface area contributed by atoms with Crippen LogP contribution in [0.3, 0.4) is 0 Å². The van der Waals surface area contributed by atoms with Gasteiger partial charge >= 0.3 is 0 Å². The number of nitrogens with two attached hydrogens (primary N) is 1. The minimum atomic E-state index is 0.352. The van der Waals surface area contributed by atoms with Gasteiger partial charge in [-0.25, -0.2) is 0 Å². The first-order valence-electron chi connectivity index (χ1n) is 6.27. The quantitative estimate of drug-likeness (QED) is 0.734. The van der Waals surface area contributed by atoms with Gasteiger partial charge in [0.1, 0.15) is 18.2 Å². The average molecular weight is 269 g/mol. The van der Waals surface area contributed by atoms with Crippen molar-refractivity contribution in [2.45, 2.75) is 13.5 Å². The van der Waals surface area contributed by atoms with Crippen molar-refractivity contribution < 1.29 is 4.74 Å². The van der Waals surface area contributed by atoms with Gasteiger partial charge in [0.2, 0.25) is 0 Å². The summed E-state index contributed by atoms with van der Waals surface area (Å²) in [7, 11) is 1.91. The first-order chi connectivity index (χ1) is 9.66. The van der Waals surface area contributed by atoms with Crippen LogP contribution >= 0.6 is 0 Å². The molecule has 0 fully saturated rings. The summed E-state index contributed by atoms with van der Waals surface area (Å²) >= 11 is 0. The summed E-state index contributed by atoms with van der Waals surface area (Å²) in [5.41, 5.74) is 7.31. The van der Waals surface area contributed by atoms with Gasteiger partial charge in [-0.05, 0) is 31.2 Å². The first-order valence-corrected chi connectivity index (χ1v) is 6.27.